The Morgan fingerprint density at radius 1 is 1.14 bits per heavy atom. The van der Waals surface area contributed by atoms with Crippen molar-refractivity contribution in [2.24, 2.45) is 5.14 Å². The summed E-state index contributed by atoms with van der Waals surface area (Å²) in [5.41, 5.74) is 1.03. The summed E-state index contributed by atoms with van der Waals surface area (Å²) in [6.07, 6.45) is 1.48. The highest BCUT2D eigenvalue weighted by Crippen LogP contribution is 2.29. The highest BCUT2D eigenvalue weighted by molar-refractivity contribution is 7.89. The number of hydrogen-bond donors (Lipinski definition) is 1. The fraction of sp³-hybridized carbons (Fsp3) is 0.150. The van der Waals surface area contributed by atoms with E-state index in [2.05, 4.69) is 0 Å². The van der Waals surface area contributed by atoms with Crippen LogP contribution in [0.15, 0.2) is 62.4 Å². The molecule has 0 spiro atoms. The second-order valence-corrected chi connectivity index (χ2v) is 7.86. The predicted octanol–water partition coefficient (Wildman–Crippen LogP) is 2.21. The van der Waals surface area contributed by atoms with E-state index < -0.39 is 21.8 Å². The van der Waals surface area contributed by atoms with E-state index in [-0.39, 0.29) is 22.6 Å². The van der Waals surface area contributed by atoms with Gasteiger partial charge in [0.2, 0.25) is 10.0 Å². The fourth-order valence-electron chi connectivity index (χ4n) is 2.95. The zero-order valence-corrected chi connectivity index (χ0v) is 16.5. The van der Waals surface area contributed by atoms with Crippen LogP contribution in [0.3, 0.4) is 0 Å². The largest absolute Gasteiger partial charge is 0.457 e. The average Bonchev–Trinajstić information content (AvgIpc) is 3.14. The van der Waals surface area contributed by atoms with Gasteiger partial charge in [-0.1, -0.05) is 0 Å². The van der Waals surface area contributed by atoms with Crippen molar-refractivity contribution < 1.29 is 22.4 Å². The summed E-state index contributed by atoms with van der Waals surface area (Å²) in [5.74, 6) is -0.304. The van der Waals surface area contributed by atoms with Crippen LogP contribution in [0.2, 0.25) is 0 Å². The van der Waals surface area contributed by atoms with Crippen molar-refractivity contribution in [3.8, 4) is 17.4 Å². The highest BCUT2D eigenvalue weighted by atomic mass is 32.2. The molecule has 29 heavy (non-hydrogen) atoms. The molecule has 0 bridgehead atoms. The molecule has 1 aliphatic heterocycles. The third-order valence-electron chi connectivity index (χ3n) is 4.52. The zero-order chi connectivity index (χ0) is 21.3. The van der Waals surface area contributed by atoms with Crippen LogP contribution in [-0.4, -0.2) is 31.7 Å². The van der Waals surface area contributed by atoms with E-state index in [0.29, 0.717) is 22.7 Å². The maximum atomic E-state index is 12.6. The Hall–Kier alpha value is -3.48. The zero-order valence-electron chi connectivity index (χ0n) is 15.7. The number of likely N-dealkylation sites (N-methyl/N-ethyl adjacent to an activating group) is 1. The Bertz CT molecular complexity index is 1210. The first-order valence-corrected chi connectivity index (χ1v) is 10.1. The highest BCUT2D eigenvalue weighted by Gasteiger charge is 2.34. The summed E-state index contributed by atoms with van der Waals surface area (Å²) >= 11 is 0. The van der Waals surface area contributed by atoms with Gasteiger partial charge in [0.1, 0.15) is 23.2 Å². The second-order valence-electron chi connectivity index (χ2n) is 6.30. The Morgan fingerprint density at radius 2 is 1.79 bits per heavy atom. The smallest absolute Gasteiger partial charge is 0.271 e. The van der Waals surface area contributed by atoms with E-state index in [0.717, 1.165) is 4.90 Å². The van der Waals surface area contributed by atoms with Gasteiger partial charge in [-0.2, -0.15) is 5.26 Å². The SMILES string of the molecule is CCN1C(=O)C(C#N)=C(C)/C(=C/c2ccc(-c3ccc(S(N)(=O)=O)cc3)o2)C1=O. The summed E-state index contributed by atoms with van der Waals surface area (Å²) in [6, 6.07) is 11.0. The molecule has 3 rings (SSSR count). The molecule has 0 radical (unpaired) electrons. The Labute approximate surface area is 167 Å². The van der Waals surface area contributed by atoms with Gasteiger partial charge in [-0.25, -0.2) is 13.6 Å². The fourth-order valence-corrected chi connectivity index (χ4v) is 3.47. The summed E-state index contributed by atoms with van der Waals surface area (Å²) in [6.45, 7) is 3.34. The molecular formula is C20H17N3O5S. The monoisotopic (exact) mass is 411 g/mol. The van der Waals surface area contributed by atoms with Gasteiger partial charge in [0, 0.05) is 17.7 Å². The first-order chi connectivity index (χ1) is 13.7. The Kier molecular flexibility index (Phi) is 5.24. The number of sulfonamides is 1. The van der Waals surface area contributed by atoms with Crippen LogP contribution < -0.4 is 5.14 Å². The maximum absolute atomic E-state index is 12.6. The van der Waals surface area contributed by atoms with E-state index in [1.807, 2.05) is 6.07 Å². The molecule has 2 N–H and O–H groups in total. The second kappa shape index (κ2) is 7.50. The molecule has 0 aliphatic carbocycles. The Balaban J connectivity index is 1.99. The number of carbonyl (C=O) groups is 2. The van der Waals surface area contributed by atoms with Crippen molar-refractivity contribution in [2.45, 2.75) is 18.7 Å². The van der Waals surface area contributed by atoms with Gasteiger partial charge in [0.05, 0.1) is 4.90 Å². The standard InChI is InChI=1S/C20H17N3O5S/c1-3-23-19(24)16(12(2)17(11-21)20(23)25)10-14-6-9-18(28-14)13-4-7-15(8-5-13)29(22,26)27/h4-10H,3H2,1-2H3,(H2,22,26,27)/b16-10-. The van der Waals surface area contributed by atoms with Crippen molar-refractivity contribution >= 4 is 27.9 Å². The number of furan rings is 1. The first kappa shape index (κ1) is 20.3. The van der Waals surface area contributed by atoms with Crippen molar-refractivity contribution in [2.75, 3.05) is 6.54 Å². The van der Waals surface area contributed by atoms with Crippen LogP contribution in [-0.2, 0) is 19.6 Å². The van der Waals surface area contributed by atoms with Crippen molar-refractivity contribution in [3.63, 3.8) is 0 Å². The van der Waals surface area contributed by atoms with Gasteiger partial charge in [0.15, 0.2) is 0 Å². The molecule has 1 aromatic heterocycles. The number of nitrogens with two attached hydrogens (primary N) is 1. The molecule has 8 nitrogen and oxygen atoms in total. The van der Waals surface area contributed by atoms with Gasteiger partial charge in [-0.05, 0) is 61.9 Å². The molecule has 1 aliphatic rings. The molecule has 0 fully saturated rings. The van der Waals surface area contributed by atoms with E-state index >= 15 is 0 Å². The molecule has 1 aromatic carbocycles. The van der Waals surface area contributed by atoms with E-state index in [9.17, 15) is 23.3 Å². The van der Waals surface area contributed by atoms with Crippen LogP contribution in [0.4, 0.5) is 0 Å². The van der Waals surface area contributed by atoms with E-state index in [1.54, 1.807) is 38.1 Å². The summed E-state index contributed by atoms with van der Waals surface area (Å²) in [7, 11) is -3.79. The number of imide groups is 1. The van der Waals surface area contributed by atoms with Crippen LogP contribution in [0.1, 0.15) is 19.6 Å². The minimum absolute atomic E-state index is 0.0166. The number of rotatable bonds is 4. The van der Waals surface area contributed by atoms with E-state index in [1.165, 1.54) is 18.2 Å². The number of nitriles is 1. The van der Waals surface area contributed by atoms with Crippen LogP contribution in [0.5, 0.6) is 0 Å². The lowest BCUT2D eigenvalue weighted by Gasteiger charge is -2.25. The molecule has 0 saturated carbocycles. The molecule has 0 atom stereocenters. The third-order valence-corrected chi connectivity index (χ3v) is 5.45. The van der Waals surface area contributed by atoms with E-state index in [4.69, 9.17) is 9.56 Å². The topological polar surface area (TPSA) is 134 Å². The van der Waals surface area contributed by atoms with Gasteiger partial charge >= 0.3 is 0 Å². The number of benzene rings is 1. The normalized spacial score (nSPS) is 16.5. The van der Waals surface area contributed by atoms with Crippen LogP contribution in [0, 0.1) is 11.3 Å². The molecule has 2 aromatic rings. The number of primary sulfonamides is 1. The molecule has 2 heterocycles. The molecule has 2 amide bonds. The number of nitrogens with zero attached hydrogens (tertiary/aromatic N) is 2. The number of carbonyl (C=O) groups excluding carboxylic acids is 2. The van der Waals surface area contributed by atoms with Crippen molar-refractivity contribution in [1.29, 1.82) is 5.26 Å². The molecular weight excluding hydrogens is 394 g/mol. The molecule has 0 saturated heterocycles. The van der Waals surface area contributed by atoms with Crippen LogP contribution >= 0.6 is 0 Å². The lowest BCUT2D eigenvalue weighted by Crippen LogP contribution is -2.42. The first-order valence-electron chi connectivity index (χ1n) is 8.59. The van der Waals surface area contributed by atoms with Crippen LogP contribution in [0.25, 0.3) is 17.4 Å². The minimum atomic E-state index is -3.79. The van der Waals surface area contributed by atoms with Crippen molar-refractivity contribution in [3.05, 3.63) is 58.9 Å². The third kappa shape index (κ3) is 3.76. The van der Waals surface area contributed by atoms with Gasteiger partial charge in [-0.15, -0.1) is 0 Å². The lowest BCUT2D eigenvalue weighted by molar-refractivity contribution is -0.140. The maximum Gasteiger partial charge on any atom is 0.271 e. The minimum Gasteiger partial charge on any atom is -0.457 e. The van der Waals surface area contributed by atoms with Crippen molar-refractivity contribution in [1.82, 2.24) is 4.90 Å². The Morgan fingerprint density at radius 3 is 2.34 bits per heavy atom. The number of hydrogen-bond acceptors (Lipinski definition) is 6. The van der Waals surface area contributed by atoms with Gasteiger partial charge in [-0.3, -0.25) is 14.5 Å². The summed E-state index contributed by atoms with van der Waals surface area (Å²) in [5, 5.41) is 14.4. The summed E-state index contributed by atoms with van der Waals surface area (Å²) in [4.78, 5) is 25.8. The molecule has 0 unspecified atom stereocenters. The predicted molar refractivity (Wildman–Crippen MR) is 104 cm³/mol. The average molecular weight is 411 g/mol. The molecule has 9 heteroatoms. The quantitative estimate of drug-likeness (QED) is 0.605. The number of amides is 2. The molecule has 148 valence electrons. The van der Waals surface area contributed by atoms with Gasteiger partial charge < -0.3 is 4.42 Å². The van der Waals surface area contributed by atoms with Gasteiger partial charge in [0.25, 0.3) is 11.8 Å². The summed E-state index contributed by atoms with van der Waals surface area (Å²) < 4.78 is 28.4. The lowest BCUT2D eigenvalue weighted by atomic mass is 9.95.